The summed E-state index contributed by atoms with van der Waals surface area (Å²) in [6, 6.07) is 0. The van der Waals surface area contributed by atoms with Crippen LogP contribution in [-0.4, -0.2) is 33.7 Å². The van der Waals surface area contributed by atoms with Crippen LogP contribution >= 0.6 is 12.2 Å². The lowest BCUT2D eigenvalue weighted by molar-refractivity contribution is -0.144. The number of hydrogen-bond acceptors (Lipinski definition) is 4. The second kappa shape index (κ2) is 5.61. The molecule has 0 aliphatic carbocycles. The number of aromatic nitrogens is 3. The summed E-state index contributed by atoms with van der Waals surface area (Å²) >= 11 is 4.53. The summed E-state index contributed by atoms with van der Waals surface area (Å²) in [6.45, 7) is 2.09. The van der Waals surface area contributed by atoms with E-state index in [1.807, 2.05) is 0 Å². The van der Waals surface area contributed by atoms with E-state index in [1.54, 1.807) is 6.92 Å². The van der Waals surface area contributed by atoms with Crippen molar-refractivity contribution in [1.29, 1.82) is 0 Å². The Labute approximate surface area is 107 Å². The van der Waals surface area contributed by atoms with Crippen molar-refractivity contribution in [3.8, 4) is 0 Å². The molecule has 2 N–H and O–H groups in total. The first-order valence-electron chi connectivity index (χ1n) is 5.06. The van der Waals surface area contributed by atoms with Crippen molar-refractivity contribution in [2.24, 2.45) is 11.7 Å². The average molecular weight is 282 g/mol. The molecule has 0 bridgehead atoms. The molecule has 0 amide bonds. The van der Waals surface area contributed by atoms with Crippen LogP contribution < -0.4 is 5.73 Å². The number of rotatable bonds is 5. The molecule has 1 heterocycles. The van der Waals surface area contributed by atoms with Crippen LogP contribution in [0.3, 0.4) is 0 Å². The van der Waals surface area contributed by atoms with Crippen molar-refractivity contribution < 1.29 is 17.9 Å². The minimum Gasteiger partial charge on any atom is -0.388 e. The van der Waals surface area contributed by atoms with Gasteiger partial charge in [-0.05, 0) is 5.92 Å². The second-order valence-electron chi connectivity index (χ2n) is 3.89. The Kier molecular flexibility index (Phi) is 4.63. The molecular weight excluding hydrogens is 269 g/mol. The first-order chi connectivity index (χ1) is 8.27. The lowest BCUT2D eigenvalue weighted by atomic mass is 10.2. The van der Waals surface area contributed by atoms with Crippen LogP contribution in [0.5, 0.6) is 0 Å². The first-order valence-corrected chi connectivity index (χ1v) is 5.47. The smallest absolute Gasteiger partial charge is 0.388 e. The number of nitrogens with zero attached hydrogens (tertiary/aromatic N) is 3. The van der Waals surface area contributed by atoms with E-state index in [0.29, 0.717) is 6.61 Å². The predicted octanol–water partition coefficient (Wildman–Crippen LogP) is 1.21. The Balaban J connectivity index is 3.09. The number of hydrogen-bond donors (Lipinski definition) is 1. The van der Waals surface area contributed by atoms with E-state index in [1.165, 1.54) is 7.11 Å². The molecule has 0 aromatic carbocycles. The third-order valence-electron chi connectivity index (χ3n) is 2.17. The van der Waals surface area contributed by atoms with E-state index in [0.717, 1.165) is 4.68 Å². The van der Waals surface area contributed by atoms with Crippen LogP contribution in [0.15, 0.2) is 0 Å². The van der Waals surface area contributed by atoms with Crippen LogP contribution in [0.2, 0.25) is 0 Å². The zero-order valence-corrected chi connectivity index (χ0v) is 10.7. The van der Waals surface area contributed by atoms with Gasteiger partial charge in [0.25, 0.3) is 0 Å². The Hall–Kier alpha value is -1.22. The molecule has 0 aliphatic heterocycles. The maximum Gasteiger partial charge on any atom is 0.435 e. The largest absolute Gasteiger partial charge is 0.435 e. The molecule has 0 radical (unpaired) electrons. The Morgan fingerprint density at radius 3 is 2.61 bits per heavy atom. The minimum atomic E-state index is -4.60. The molecule has 5 nitrogen and oxygen atoms in total. The maximum atomic E-state index is 12.9. The van der Waals surface area contributed by atoms with Crippen molar-refractivity contribution in [2.45, 2.75) is 19.6 Å². The average Bonchev–Trinajstić information content (AvgIpc) is 2.61. The number of nitrogens with two attached hydrogens (primary N) is 1. The van der Waals surface area contributed by atoms with Gasteiger partial charge in [-0.25, -0.2) is 4.68 Å². The molecule has 0 spiro atoms. The van der Waals surface area contributed by atoms with Crippen LogP contribution in [0, 0.1) is 5.92 Å². The third kappa shape index (κ3) is 3.39. The van der Waals surface area contributed by atoms with E-state index < -0.39 is 22.6 Å². The minimum absolute atomic E-state index is 0.0261. The third-order valence-corrected chi connectivity index (χ3v) is 2.37. The fraction of sp³-hybridized carbons (Fsp3) is 0.667. The van der Waals surface area contributed by atoms with Gasteiger partial charge in [0.15, 0.2) is 11.4 Å². The molecular formula is C9H13F3N4OS. The zero-order chi connectivity index (χ0) is 13.9. The molecule has 102 valence electrons. The molecule has 0 saturated heterocycles. The summed E-state index contributed by atoms with van der Waals surface area (Å²) < 4.78 is 44.3. The van der Waals surface area contributed by atoms with Crippen LogP contribution in [0.1, 0.15) is 18.3 Å². The quantitative estimate of drug-likeness (QED) is 0.822. The van der Waals surface area contributed by atoms with E-state index in [-0.39, 0.29) is 12.5 Å². The van der Waals surface area contributed by atoms with Gasteiger partial charge >= 0.3 is 6.18 Å². The van der Waals surface area contributed by atoms with E-state index in [4.69, 9.17) is 10.5 Å². The van der Waals surface area contributed by atoms with E-state index in [2.05, 4.69) is 22.5 Å². The van der Waals surface area contributed by atoms with Gasteiger partial charge in [-0.3, -0.25) is 0 Å². The SMILES string of the molecule is COCC(C)Cn1nnc(C(N)=S)c1C(F)(F)F. The van der Waals surface area contributed by atoms with Crippen LogP contribution in [0.25, 0.3) is 0 Å². The highest BCUT2D eigenvalue weighted by Gasteiger charge is 2.40. The van der Waals surface area contributed by atoms with Gasteiger partial charge in [-0.15, -0.1) is 5.10 Å². The Morgan fingerprint density at radius 1 is 1.56 bits per heavy atom. The molecule has 1 aromatic rings. The summed E-state index contributed by atoms with van der Waals surface area (Å²) in [5.74, 6) is -0.142. The highest BCUT2D eigenvalue weighted by molar-refractivity contribution is 7.80. The molecule has 1 rings (SSSR count). The highest BCUT2D eigenvalue weighted by Crippen LogP contribution is 2.31. The topological polar surface area (TPSA) is 66.0 Å². The fourth-order valence-corrected chi connectivity index (χ4v) is 1.66. The lowest BCUT2D eigenvalue weighted by Crippen LogP contribution is -2.23. The molecule has 0 aliphatic rings. The van der Waals surface area contributed by atoms with Crippen molar-refractivity contribution in [3.05, 3.63) is 11.4 Å². The van der Waals surface area contributed by atoms with Gasteiger partial charge < -0.3 is 10.5 Å². The standard InChI is InChI=1S/C9H13F3N4OS/c1-5(4-17-2)3-16-7(9(10,11)12)6(8(13)18)14-15-16/h5H,3-4H2,1-2H3,(H2,13,18). The van der Waals surface area contributed by atoms with Crippen molar-refractivity contribution in [3.63, 3.8) is 0 Å². The second-order valence-corrected chi connectivity index (χ2v) is 4.33. The summed E-state index contributed by atoms with van der Waals surface area (Å²) in [6.07, 6.45) is -4.60. The van der Waals surface area contributed by atoms with Gasteiger partial charge in [-0.2, -0.15) is 13.2 Å². The number of ether oxygens (including phenoxy) is 1. The monoisotopic (exact) mass is 282 g/mol. The lowest BCUT2D eigenvalue weighted by Gasteiger charge is -2.14. The first kappa shape index (κ1) is 14.8. The molecule has 1 aromatic heterocycles. The summed E-state index contributed by atoms with van der Waals surface area (Å²) in [4.78, 5) is -0.423. The van der Waals surface area contributed by atoms with Gasteiger partial charge in [0, 0.05) is 13.7 Å². The number of thiocarbonyl (C=S) groups is 1. The number of halogens is 3. The Morgan fingerprint density at radius 2 is 2.17 bits per heavy atom. The van der Waals surface area contributed by atoms with E-state index in [9.17, 15) is 13.2 Å². The van der Waals surface area contributed by atoms with Gasteiger partial charge in [0.2, 0.25) is 0 Å². The normalized spacial score (nSPS) is 13.6. The maximum absolute atomic E-state index is 12.9. The summed E-state index contributed by atoms with van der Waals surface area (Å²) in [5, 5.41) is 6.83. The molecule has 1 unspecified atom stereocenters. The van der Waals surface area contributed by atoms with Crippen LogP contribution in [-0.2, 0) is 17.5 Å². The van der Waals surface area contributed by atoms with Gasteiger partial charge in [-0.1, -0.05) is 24.4 Å². The molecule has 9 heteroatoms. The van der Waals surface area contributed by atoms with E-state index >= 15 is 0 Å². The summed E-state index contributed by atoms with van der Waals surface area (Å²) in [7, 11) is 1.48. The highest BCUT2D eigenvalue weighted by atomic mass is 32.1. The van der Waals surface area contributed by atoms with Crippen molar-refractivity contribution >= 4 is 17.2 Å². The summed E-state index contributed by atoms with van der Waals surface area (Å²) in [5.41, 5.74) is 3.69. The van der Waals surface area contributed by atoms with Gasteiger partial charge in [0.05, 0.1) is 6.61 Å². The molecule has 0 saturated carbocycles. The van der Waals surface area contributed by atoms with Crippen molar-refractivity contribution in [2.75, 3.05) is 13.7 Å². The molecule has 18 heavy (non-hydrogen) atoms. The zero-order valence-electron chi connectivity index (χ0n) is 9.86. The fourth-order valence-electron chi connectivity index (χ4n) is 1.52. The van der Waals surface area contributed by atoms with Crippen molar-refractivity contribution in [1.82, 2.24) is 15.0 Å². The Bertz CT molecular complexity index is 432. The molecule has 1 atom stereocenters. The van der Waals surface area contributed by atoms with Crippen LogP contribution in [0.4, 0.5) is 13.2 Å². The van der Waals surface area contributed by atoms with Gasteiger partial charge in [0.1, 0.15) is 4.99 Å². The molecule has 0 fully saturated rings. The predicted molar refractivity (Wildman–Crippen MR) is 62.0 cm³/mol. The number of alkyl halides is 3. The number of methoxy groups -OCH3 is 1.